The first-order valence-electron chi connectivity index (χ1n) is 9.43. The van der Waals surface area contributed by atoms with E-state index in [9.17, 15) is 4.79 Å². The van der Waals surface area contributed by atoms with Gasteiger partial charge in [0.1, 0.15) is 6.04 Å². The van der Waals surface area contributed by atoms with Gasteiger partial charge in [0.2, 0.25) is 11.7 Å². The highest BCUT2D eigenvalue weighted by atomic mass is 16.5. The number of aromatic nitrogens is 2. The number of carbonyl (C=O) groups excluding carboxylic acids is 1. The highest BCUT2D eigenvalue weighted by Crippen LogP contribution is 2.33. The fraction of sp³-hybridized carbons (Fsp3) is 0.318. The van der Waals surface area contributed by atoms with Crippen molar-refractivity contribution < 1.29 is 9.32 Å². The van der Waals surface area contributed by atoms with Gasteiger partial charge in [-0.3, -0.25) is 4.79 Å². The molecule has 1 atom stereocenters. The van der Waals surface area contributed by atoms with Crippen molar-refractivity contribution in [1.29, 1.82) is 0 Å². The van der Waals surface area contributed by atoms with Gasteiger partial charge in [-0.25, -0.2) is 0 Å². The van der Waals surface area contributed by atoms with Gasteiger partial charge in [-0.15, -0.1) is 0 Å². The minimum absolute atomic E-state index is 0.0206. The summed E-state index contributed by atoms with van der Waals surface area (Å²) in [5, 5.41) is 4.10. The van der Waals surface area contributed by atoms with Crippen molar-refractivity contribution >= 4 is 5.91 Å². The van der Waals surface area contributed by atoms with Gasteiger partial charge in [0.25, 0.3) is 5.91 Å². The first-order valence-corrected chi connectivity index (χ1v) is 9.43. The smallest absolute Gasteiger partial charge is 0.254 e. The van der Waals surface area contributed by atoms with E-state index in [0.717, 1.165) is 18.4 Å². The Morgan fingerprint density at radius 1 is 1.11 bits per heavy atom. The lowest BCUT2D eigenvalue weighted by atomic mass is 10.0. The average molecular weight is 361 g/mol. The molecule has 27 heavy (non-hydrogen) atoms. The van der Waals surface area contributed by atoms with Crippen LogP contribution >= 0.6 is 0 Å². The van der Waals surface area contributed by atoms with Crippen LogP contribution in [0.25, 0.3) is 11.4 Å². The van der Waals surface area contributed by atoms with Gasteiger partial charge in [0, 0.05) is 17.7 Å². The van der Waals surface area contributed by atoms with E-state index >= 15 is 0 Å². The largest absolute Gasteiger partial charge is 0.337 e. The molecule has 1 aliphatic heterocycles. The number of rotatable bonds is 4. The molecular weight excluding hydrogens is 338 g/mol. The number of carbonyl (C=O) groups is 1. The van der Waals surface area contributed by atoms with Gasteiger partial charge in [-0.1, -0.05) is 61.5 Å². The van der Waals surface area contributed by atoms with Crippen LogP contribution in [0, 0.1) is 0 Å². The van der Waals surface area contributed by atoms with Crippen molar-refractivity contribution in [3.63, 3.8) is 0 Å². The molecule has 1 aliphatic rings. The monoisotopic (exact) mass is 361 g/mol. The van der Waals surface area contributed by atoms with Gasteiger partial charge < -0.3 is 9.42 Å². The Hall–Kier alpha value is -2.95. The zero-order valence-electron chi connectivity index (χ0n) is 15.6. The molecule has 5 heteroatoms. The zero-order valence-corrected chi connectivity index (χ0v) is 15.6. The highest BCUT2D eigenvalue weighted by molar-refractivity contribution is 5.94. The zero-order chi connectivity index (χ0) is 18.8. The van der Waals surface area contributed by atoms with E-state index in [4.69, 9.17) is 4.52 Å². The molecule has 0 bridgehead atoms. The molecule has 0 saturated carbocycles. The van der Waals surface area contributed by atoms with Crippen molar-refractivity contribution in [2.24, 2.45) is 0 Å². The lowest BCUT2D eigenvalue weighted by Gasteiger charge is -2.22. The third kappa shape index (κ3) is 3.50. The van der Waals surface area contributed by atoms with Crippen LogP contribution < -0.4 is 0 Å². The number of likely N-dealkylation sites (tertiary alicyclic amines) is 1. The molecule has 2 heterocycles. The predicted octanol–water partition coefficient (Wildman–Crippen LogP) is 4.84. The molecule has 138 valence electrons. The maximum absolute atomic E-state index is 13.0. The highest BCUT2D eigenvalue weighted by Gasteiger charge is 2.34. The van der Waals surface area contributed by atoms with Gasteiger partial charge in [-0.05, 0) is 36.5 Å². The lowest BCUT2D eigenvalue weighted by Crippen LogP contribution is -2.30. The fourth-order valence-electron chi connectivity index (χ4n) is 3.52. The quantitative estimate of drug-likeness (QED) is 0.667. The van der Waals surface area contributed by atoms with Crippen molar-refractivity contribution in [3.8, 4) is 11.4 Å². The van der Waals surface area contributed by atoms with E-state index in [1.54, 1.807) is 0 Å². The van der Waals surface area contributed by atoms with Gasteiger partial charge in [0.05, 0.1) is 0 Å². The van der Waals surface area contributed by atoms with Crippen LogP contribution in [0.2, 0.25) is 0 Å². The molecule has 0 unspecified atom stereocenters. The number of hydrogen-bond acceptors (Lipinski definition) is 4. The van der Waals surface area contributed by atoms with Gasteiger partial charge in [-0.2, -0.15) is 4.98 Å². The van der Waals surface area contributed by atoms with Crippen molar-refractivity contribution in [3.05, 3.63) is 71.6 Å². The maximum Gasteiger partial charge on any atom is 0.254 e. The number of nitrogens with zero attached hydrogens (tertiary/aromatic N) is 3. The second-order valence-electron chi connectivity index (χ2n) is 7.26. The SMILES string of the molecule is CC(C)c1ccc(C(=O)N2CCC[C@@H]2c2nc(-c3ccccc3)no2)cc1. The Morgan fingerprint density at radius 2 is 1.85 bits per heavy atom. The summed E-state index contributed by atoms with van der Waals surface area (Å²) in [6, 6.07) is 17.5. The molecule has 0 radical (unpaired) electrons. The van der Waals surface area contributed by atoms with Crippen LogP contribution in [0.5, 0.6) is 0 Å². The van der Waals surface area contributed by atoms with Crippen LogP contribution in [-0.4, -0.2) is 27.5 Å². The second kappa shape index (κ2) is 7.35. The molecule has 5 nitrogen and oxygen atoms in total. The average Bonchev–Trinajstić information content (AvgIpc) is 3.37. The van der Waals surface area contributed by atoms with Crippen LogP contribution in [0.1, 0.15) is 60.5 Å². The van der Waals surface area contributed by atoms with Gasteiger partial charge >= 0.3 is 0 Å². The predicted molar refractivity (Wildman–Crippen MR) is 103 cm³/mol. The molecule has 0 aliphatic carbocycles. The van der Waals surface area contributed by atoms with Gasteiger partial charge in [0.15, 0.2) is 0 Å². The van der Waals surface area contributed by atoms with E-state index in [-0.39, 0.29) is 11.9 Å². The molecule has 3 aromatic rings. The standard InChI is InChI=1S/C22H23N3O2/c1-15(2)16-10-12-18(13-11-16)22(26)25-14-6-9-19(25)21-23-20(24-27-21)17-7-4-3-5-8-17/h3-5,7-8,10-13,15,19H,6,9,14H2,1-2H3/t19-/m1/s1. The van der Waals surface area contributed by atoms with E-state index in [1.807, 2.05) is 59.5 Å². The maximum atomic E-state index is 13.0. The third-order valence-corrected chi connectivity index (χ3v) is 5.10. The minimum atomic E-state index is -0.160. The van der Waals surface area contributed by atoms with Crippen molar-refractivity contribution in [1.82, 2.24) is 15.0 Å². The Bertz CT molecular complexity index is 916. The second-order valence-corrected chi connectivity index (χ2v) is 7.26. The summed E-state index contributed by atoms with van der Waals surface area (Å²) in [4.78, 5) is 19.4. The molecule has 0 N–H and O–H groups in total. The van der Waals surface area contributed by atoms with E-state index < -0.39 is 0 Å². The topological polar surface area (TPSA) is 59.2 Å². The number of amides is 1. The number of benzene rings is 2. The summed E-state index contributed by atoms with van der Waals surface area (Å²) in [5.41, 5.74) is 2.84. The van der Waals surface area contributed by atoms with E-state index in [1.165, 1.54) is 5.56 Å². The fourth-order valence-corrected chi connectivity index (χ4v) is 3.52. The third-order valence-electron chi connectivity index (χ3n) is 5.10. The lowest BCUT2D eigenvalue weighted by molar-refractivity contribution is 0.0710. The molecule has 1 aromatic heterocycles. The van der Waals surface area contributed by atoms with Crippen molar-refractivity contribution in [2.75, 3.05) is 6.54 Å². The normalized spacial score (nSPS) is 16.9. The summed E-state index contributed by atoms with van der Waals surface area (Å²) in [5.74, 6) is 1.54. The molecule has 1 saturated heterocycles. The first kappa shape index (κ1) is 17.5. The summed E-state index contributed by atoms with van der Waals surface area (Å²) in [6.07, 6.45) is 1.77. The Labute approximate surface area is 159 Å². The Balaban J connectivity index is 1.55. The van der Waals surface area contributed by atoms with Crippen LogP contribution in [0.3, 0.4) is 0 Å². The van der Waals surface area contributed by atoms with Crippen molar-refractivity contribution in [2.45, 2.75) is 38.6 Å². The summed E-state index contributed by atoms with van der Waals surface area (Å²) in [6.45, 7) is 5.00. The van der Waals surface area contributed by atoms with Crippen LogP contribution in [0.15, 0.2) is 59.1 Å². The molecule has 1 fully saturated rings. The molecular formula is C22H23N3O2. The molecule has 2 aromatic carbocycles. The van der Waals surface area contributed by atoms with Crippen LogP contribution in [0.4, 0.5) is 0 Å². The minimum Gasteiger partial charge on any atom is -0.337 e. The Kier molecular flexibility index (Phi) is 4.75. The summed E-state index contributed by atoms with van der Waals surface area (Å²) < 4.78 is 5.51. The van der Waals surface area contributed by atoms with E-state index in [2.05, 4.69) is 24.0 Å². The number of hydrogen-bond donors (Lipinski definition) is 0. The molecule has 1 amide bonds. The molecule has 4 rings (SSSR count). The first-order chi connectivity index (χ1) is 13.1. The summed E-state index contributed by atoms with van der Waals surface area (Å²) in [7, 11) is 0. The van der Waals surface area contributed by atoms with E-state index in [0.29, 0.717) is 29.7 Å². The summed E-state index contributed by atoms with van der Waals surface area (Å²) >= 11 is 0. The Morgan fingerprint density at radius 3 is 2.56 bits per heavy atom. The molecule has 0 spiro atoms. The van der Waals surface area contributed by atoms with Crippen LogP contribution in [-0.2, 0) is 0 Å².